The molecule has 0 bridgehead atoms. The van der Waals surface area contributed by atoms with E-state index < -0.39 is 12.1 Å². The minimum absolute atomic E-state index is 0.109. The molecule has 0 saturated carbocycles. The molecule has 2 heterocycles. The number of nitrogens with zero attached hydrogens (tertiary/aromatic N) is 2. The molecule has 1 aromatic rings. The Balaban J connectivity index is 2.26. The molecule has 0 amide bonds. The lowest BCUT2D eigenvalue weighted by Gasteiger charge is -2.21. The van der Waals surface area contributed by atoms with E-state index in [1.54, 1.807) is 6.20 Å². The number of aromatic nitrogens is 2. The number of rotatable bonds is 1. The Kier molecular flexibility index (Phi) is 2.30. The van der Waals surface area contributed by atoms with Gasteiger partial charge < -0.3 is 10.3 Å². The minimum atomic E-state index is -4.19. The summed E-state index contributed by atoms with van der Waals surface area (Å²) < 4.78 is 38.7. The summed E-state index contributed by atoms with van der Waals surface area (Å²) >= 11 is 0. The lowest BCUT2D eigenvalue weighted by molar-refractivity contribution is -0.164. The maximum absolute atomic E-state index is 12.4. The molecule has 1 aromatic heterocycles. The van der Waals surface area contributed by atoms with Gasteiger partial charge in [-0.05, 0) is 6.08 Å². The topological polar surface area (TPSA) is 43.8 Å². The first-order valence-corrected chi connectivity index (χ1v) is 4.51. The van der Waals surface area contributed by atoms with Gasteiger partial charge in [0, 0.05) is 19.3 Å². The molecule has 1 aliphatic rings. The summed E-state index contributed by atoms with van der Waals surface area (Å²) in [7, 11) is 0. The zero-order valence-corrected chi connectivity index (χ0v) is 7.83. The highest BCUT2D eigenvalue weighted by atomic mass is 19.4. The quantitative estimate of drug-likeness (QED) is 0.775. The summed E-state index contributed by atoms with van der Waals surface area (Å²) in [5.74, 6) is -0.888. The van der Waals surface area contributed by atoms with Crippen LogP contribution in [0.3, 0.4) is 0 Å². The van der Waals surface area contributed by atoms with Crippen LogP contribution in [0.2, 0.25) is 0 Å². The smallest absolute Gasteiger partial charge is 0.330 e. The molecule has 15 heavy (non-hydrogen) atoms. The van der Waals surface area contributed by atoms with E-state index in [0.717, 1.165) is 6.08 Å². The molecule has 82 valence electrons. The van der Waals surface area contributed by atoms with Crippen molar-refractivity contribution in [2.45, 2.75) is 19.3 Å². The Morgan fingerprint density at radius 1 is 1.53 bits per heavy atom. The number of hydrogen-bond acceptors (Lipinski definition) is 2. The number of allylic oxidation sites excluding steroid dienone is 1. The number of halogens is 3. The van der Waals surface area contributed by atoms with Gasteiger partial charge in [-0.25, -0.2) is 4.98 Å². The molecule has 0 aliphatic carbocycles. The zero-order chi connectivity index (χ0) is 11.1. The number of fused-ring (bicyclic) bond motifs is 1. The first kappa shape index (κ1) is 10.2. The standard InChI is InChI=1S/C9H10F3N3/c10-9(11,12)6-1-2-8-14-7(3-13)5-15(8)4-6/h1-2,5-6H,3-4,13H2. The predicted octanol–water partition coefficient (Wildman–Crippen LogP) is 1.55. The van der Waals surface area contributed by atoms with Crippen molar-refractivity contribution in [3.05, 3.63) is 23.8 Å². The normalized spacial score (nSPS) is 20.4. The van der Waals surface area contributed by atoms with Gasteiger partial charge in [-0.2, -0.15) is 13.2 Å². The fraction of sp³-hybridized carbons (Fsp3) is 0.444. The van der Waals surface area contributed by atoms with Crippen molar-refractivity contribution >= 4 is 6.08 Å². The monoisotopic (exact) mass is 217 g/mol. The van der Waals surface area contributed by atoms with Crippen LogP contribution in [0.25, 0.3) is 6.08 Å². The predicted molar refractivity (Wildman–Crippen MR) is 48.7 cm³/mol. The molecule has 3 nitrogen and oxygen atoms in total. The Labute approximate surface area is 84.4 Å². The SMILES string of the molecule is NCc1cn2c(n1)C=CC(C(F)(F)F)C2. The second-order valence-electron chi connectivity index (χ2n) is 3.45. The van der Waals surface area contributed by atoms with E-state index in [4.69, 9.17) is 5.73 Å². The lowest BCUT2D eigenvalue weighted by Crippen LogP contribution is -2.27. The van der Waals surface area contributed by atoms with Crippen molar-refractivity contribution in [1.82, 2.24) is 9.55 Å². The van der Waals surface area contributed by atoms with Gasteiger partial charge in [0.15, 0.2) is 0 Å². The molecule has 0 fully saturated rings. The molecule has 0 saturated heterocycles. The van der Waals surface area contributed by atoms with Crippen molar-refractivity contribution in [1.29, 1.82) is 0 Å². The zero-order valence-electron chi connectivity index (χ0n) is 7.83. The van der Waals surface area contributed by atoms with Gasteiger partial charge in [0.05, 0.1) is 11.6 Å². The van der Waals surface area contributed by atoms with Gasteiger partial charge in [0.2, 0.25) is 0 Å². The number of nitrogens with two attached hydrogens (primary N) is 1. The van der Waals surface area contributed by atoms with Gasteiger partial charge >= 0.3 is 6.18 Å². The third-order valence-electron chi connectivity index (χ3n) is 2.36. The molecule has 0 radical (unpaired) electrons. The Bertz CT molecular complexity index is 392. The highest BCUT2D eigenvalue weighted by molar-refractivity contribution is 5.44. The van der Waals surface area contributed by atoms with Crippen LogP contribution in [0.15, 0.2) is 12.3 Å². The van der Waals surface area contributed by atoms with Gasteiger partial charge in [-0.15, -0.1) is 0 Å². The average Bonchev–Trinajstić information content (AvgIpc) is 2.57. The molecular formula is C9H10F3N3. The molecular weight excluding hydrogens is 207 g/mol. The molecule has 2 N–H and O–H groups in total. The van der Waals surface area contributed by atoms with Gasteiger partial charge in [-0.3, -0.25) is 0 Å². The highest BCUT2D eigenvalue weighted by Crippen LogP contribution is 2.31. The second-order valence-corrected chi connectivity index (χ2v) is 3.45. The summed E-state index contributed by atoms with van der Waals surface area (Å²) in [6.07, 6.45) is -0.0949. The summed E-state index contributed by atoms with van der Waals surface area (Å²) in [5.41, 5.74) is 5.97. The van der Waals surface area contributed by atoms with Crippen molar-refractivity contribution < 1.29 is 13.2 Å². The summed E-state index contributed by atoms with van der Waals surface area (Å²) in [4.78, 5) is 4.07. The lowest BCUT2D eigenvalue weighted by atomic mass is 10.1. The molecule has 0 aromatic carbocycles. The van der Waals surface area contributed by atoms with E-state index in [0.29, 0.717) is 11.5 Å². The fourth-order valence-corrected chi connectivity index (χ4v) is 1.55. The molecule has 0 spiro atoms. The third kappa shape index (κ3) is 1.90. The van der Waals surface area contributed by atoms with Crippen LogP contribution in [0.4, 0.5) is 13.2 Å². The minimum Gasteiger partial charge on any atom is -0.330 e. The maximum Gasteiger partial charge on any atom is 0.396 e. The van der Waals surface area contributed by atoms with Crippen molar-refractivity contribution in [3.8, 4) is 0 Å². The highest BCUT2D eigenvalue weighted by Gasteiger charge is 2.39. The third-order valence-corrected chi connectivity index (χ3v) is 2.36. The van der Waals surface area contributed by atoms with Crippen LogP contribution < -0.4 is 5.73 Å². The summed E-state index contributed by atoms with van der Waals surface area (Å²) in [6.45, 7) is 0.132. The first-order valence-electron chi connectivity index (χ1n) is 4.51. The number of alkyl halides is 3. The van der Waals surface area contributed by atoms with Gasteiger partial charge in [0.1, 0.15) is 5.82 Å². The number of hydrogen-bond donors (Lipinski definition) is 1. The largest absolute Gasteiger partial charge is 0.396 e. The van der Waals surface area contributed by atoms with E-state index in [-0.39, 0.29) is 13.1 Å². The molecule has 1 unspecified atom stereocenters. The molecule has 6 heteroatoms. The van der Waals surface area contributed by atoms with Crippen LogP contribution in [-0.2, 0) is 13.1 Å². The van der Waals surface area contributed by atoms with Gasteiger partial charge in [0.25, 0.3) is 0 Å². The van der Waals surface area contributed by atoms with Crippen LogP contribution in [0, 0.1) is 5.92 Å². The molecule has 2 rings (SSSR count). The first-order chi connectivity index (χ1) is 7.00. The Morgan fingerprint density at radius 3 is 2.87 bits per heavy atom. The van der Waals surface area contributed by atoms with Crippen molar-refractivity contribution in [3.63, 3.8) is 0 Å². The van der Waals surface area contributed by atoms with Crippen LogP contribution >= 0.6 is 0 Å². The van der Waals surface area contributed by atoms with Gasteiger partial charge in [-0.1, -0.05) is 6.08 Å². The fourth-order valence-electron chi connectivity index (χ4n) is 1.55. The molecule has 1 aliphatic heterocycles. The maximum atomic E-state index is 12.4. The number of imidazole rings is 1. The summed E-state index contributed by atoms with van der Waals surface area (Å²) in [5, 5.41) is 0. The van der Waals surface area contributed by atoms with E-state index in [2.05, 4.69) is 4.98 Å². The van der Waals surface area contributed by atoms with E-state index in [9.17, 15) is 13.2 Å². The summed E-state index contributed by atoms with van der Waals surface area (Å²) in [6, 6.07) is 0. The van der Waals surface area contributed by atoms with Crippen molar-refractivity contribution in [2.24, 2.45) is 11.7 Å². The van der Waals surface area contributed by atoms with Crippen LogP contribution in [0.5, 0.6) is 0 Å². The Morgan fingerprint density at radius 2 is 2.27 bits per heavy atom. The Hall–Kier alpha value is -1.30. The van der Waals surface area contributed by atoms with Crippen LogP contribution in [0.1, 0.15) is 11.5 Å². The average molecular weight is 217 g/mol. The van der Waals surface area contributed by atoms with E-state index >= 15 is 0 Å². The second kappa shape index (κ2) is 3.37. The van der Waals surface area contributed by atoms with E-state index in [1.807, 2.05) is 0 Å². The van der Waals surface area contributed by atoms with E-state index in [1.165, 1.54) is 10.6 Å². The molecule has 1 atom stereocenters. The van der Waals surface area contributed by atoms with Crippen molar-refractivity contribution in [2.75, 3.05) is 0 Å². The van der Waals surface area contributed by atoms with Crippen LogP contribution in [-0.4, -0.2) is 15.7 Å².